The van der Waals surface area contributed by atoms with Gasteiger partial charge in [-0.1, -0.05) is 36.4 Å². The Labute approximate surface area is 207 Å². The van der Waals surface area contributed by atoms with E-state index in [4.69, 9.17) is 9.47 Å². The third kappa shape index (κ3) is 6.54. The Morgan fingerprint density at radius 2 is 1.61 bits per heavy atom. The third-order valence-electron chi connectivity index (χ3n) is 5.05. The second kappa shape index (κ2) is 11.9. The number of nitro benzene ring substituents is 1. The number of methoxy groups -OCH3 is 2. The smallest absolute Gasteiger partial charge is 0.287 e. The molecule has 0 fully saturated rings. The van der Waals surface area contributed by atoms with Crippen LogP contribution in [0.2, 0.25) is 0 Å². The van der Waals surface area contributed by atoms with Crippen molar-refractivity contribution >= 4 is 29.3 Å². The second-order valence-corrected chi connectivity index (χ2v) is 7.44. The summed E-state index contributed by atoms with van der Waals surface area (Å²) in [6, 6.07) is 19.3. The molecule has 3 rings (SSSR count). The number of nitrogens with one attached hydrogen (secondary N) is 2. The number of benzene rings is 3. The fourth-order valence-corrected chi connectivity index (χ4v) is 3.16. The number of hydrogen-bond acceptors (Lipinski definition) is 7. The summed E-state index contributed by atoms with van der Waals surface area (Å²) in [5.74, 6) is -0.234. The first-order valence-corrected chi connectivity index (χ1v) is 10.7. The van der Waals surface area contributed by atoms with Gasteiger partial charge in [0.05, 0.1) is 24.9 Å². The summed E-state index contributed by atoms with van der Waals surface area (Å²) in [6.45, 7) is 1.60. The molecule has 0 aromatic heterocycles. The van der Waals surface area contributed by atoms with Gasteiger partial charge in [-0.3, -0.25) is 19.7 Å². The minimum atomic E-state index is -0.696. The second-order valence-electron chi connectivity index (χ2n) is 7.44. The Morgan fingerprint density at radius 3 is 2.28 bits per heavy atom. The van der Waals surface area contributed by atoms with Crippen LogP contribution in [0.3, 0.4) is 0 Å². The Morgan fingerprint density at radius 1 is 0.917 bits per heavy atom. The molecular formula is C26H24N4O6. The molecule has 0 heterocycles. The molecule has 0 saturated heterocycles. The largest absolute Gasteiger partial charge is 0.493 e. The minimum absolute atomic E-state index is 0.0772. The van der Waals surface area contributed by atoms with Gasteiger partial charge in [0, 0.05) is 23.3 Å². The van der Waals surface area contributed by atoms with Gasteiger partial charge in [0.15, 0.2) is 11.5 Å². The van der Waals surface area contributed by atoms with Crippen molar-refractivity contribution in [3.8, 4) is 11.5 Å². The van der Waals surface area contributed by atoms with Gasteiger partial charge in [0.1, 0.15) is 5.70 Å². The fourth-order valence-electron chi connectivity index (χ4n) is 3.16. The van der Waals surface area contributed by atoms with Gasteiger partial charge < -0.3 is 14.8 Å². The Hall–Kier alpha value is -4.99. The lowest BCUT2D eigenvalue weighted by Gasteiger charge is -2.11. The van der Waals surface area contributed by atoms with E-state index >= 15 is 0 Å². The van der Waals surface area contributed by atoms with E-state index in [1.54, 1.807) is 61.5 Å². The number of hydrogen-bond donors (Lipinski definition) is 2. The van der Waals surface area contributed by atoms with Crippen LogP contribution in [0, 0.1) is 10.1 Å². The van der Waals surface area contributed by atoms with Crippen LogP contribution in [0.5, 0.6) is 11.5 Å². The van der Waals surface area contributed by atoms with Gasteiger partial charge in [-0.2, -0.15) is 5.10 Å². The van der Waals surface area contributed by atoms with Crippen molar-refractivity contribution in [2.45, 2.75) is 6.92 Å². The first-order chi connectivity index (χ1) is 17.3. The highest BCUT2D eigenvalue weighted by molar-refractivity contribution is 6.06. The molecule has 0 bridgehead atoms. The number of nitrogens with zero attached hydrogens (tertiary/aromatic N) is 2. The highest BCUT2D eigenvalue weighted by atomic mass is 16.6. The molecular weight excluding hydrogens is 464 g/mol. The molecule has 184 valence electrons. The van der Waals surface area contributed by atoms with Crippen molar-refractivity contribution in [1.82, 2.24) is 10.7 Å². The zero-order chi connectivity index (χ0) is 26.1. The van der Waals surface area contributed by atoms with Gasteiger partial charge in [-0.05, 0) is 42.8 Å². The number of nitro groups is 1. The van der Waals surface area contributed by atoms with E-state index in [2.05, 4.69) is 15.8 Å². The Bertz CT molecular complexity index is 1340. The standard InChI is InChI=1S/C26H24N4O6/c1-17(20-10-7-11-21(16-20)30(33)34)28-29-26(32)22(27-25(31)19-8-5-4-6-9-19)14-18-12-13-23(35-2)24(15-18)36-3/h4-16H,1-3H3,(H,27,31)(H,29,32)/b22-14+,28-17?. The number of ether oxygens (including phenoxy) is 2. The zero-order valence-corrected chi connectivity index (χ0v) is 19.8. The number of hydrazone groups is 1. The maximum Gasteiger partial charge on any atom is 0.287 e. The van der Waals surface area contributed by atoms with E-state index in [0.717, 1.165) is 0 Å². The molecule has 0 aliphatic carbocycles. The van der Waals surface area contributed by atoms with Crippen LogP contribution in [-0.4, -0.2) is 36.7 Å². The van der Waals surface area contributed by atoms with Crippen molar-refractivity contribution in [2.24, 2.45) is 5.10 Å². The molecule has 0 aliphatic rings. The number of carbonyl (C=O) groups is 2. The molecule has 0 aliphatic heterocycles. The molecule has 0 spiro atoms. The summed E-state index contributed by atoms with van der Waals surface area (Å²) >= 11 is 0. The van der Waals surface area contributed by atoms with Gasteiger partial charge in [-0.15, -0.1) is 0 Å². The molecule has 3 aromatic carbocycles. The molecule has 0 atom stereocenters. The van der Waals surface area contributed by atoms with Crippen LogP contribution >= 0.6 is 0 Å². The van der Waals surface area contributed by atoms with E-state index < -0.39 is 16.7 Å². The van der Waals surface area contributed by atoms with Crippen LogP contribution in [0.15, 0.2) is 83.6 Å². The molecule has 0 saturated carbocycles. The topological polar surface area (TPSA) is 132 Å². The molecule has 36 heavy (non-hydrogen) atoms. The van der Waals surface area contributed by atoms with Crippen molar-refractivity contribution in [3.63, 3.8) is 0 Å². The van der Waals surface area contributed by atoms with Gasteiger partial charge in [0.25, 0.3) is 17.5 Å². The van der Waals surface area contributed by atoms with Crippen molar-refractivity contribution in [2.75, 3.05) is 14.2 Å². The van der Waals surface area contributed by atoms with E-state index in [0.29, 0.717) is 33.9 Å². The SMILES string of the molecule is COc1ccc(/C=C(/NC(=O)c2ccccc2)C(=O)NN=C(C)c2cccc([N+](=O)[O-])c2)cc1OC. The van der Waals surface area contributed by atoms with Gasteiger partial charge in [0.2, 0.25) is 0 Å². The average Bonchev–Trinajstić information content (AvgIpc) is 2.91. The summed E-state index contributed by atoms with van der Waals surface area (Å²) in [5.41, 5.74) is 3.94. The lowest BCUT2D eigenvalue weighted by atomic mass is 10.1. The third-order valence-corrected chi connectivity index (χ3v) is 5.05. The number of carbonyl (C=O) groups excluding carboxylic acids is 2. The fraction of sp³-hybridized carbons (Fsp3) is 0.115. The van der Waals surface area contributed by atoms with Crippen molar-refractivity contribution < 1.29 is 24.0 Å². The van der Waals surface area contributed by atoms with Crippen LogP contribution in [0.4, 0.5) is 5.69 Å². The highest BCUT2D eigenvalue weighted by Crippen LogP contribution is 2.28. The molecule has 0 unspecified atom stereocenters. The highest BCUT2D eigenvalue weighted by Gasteiger charge is 2.16. The molecule has 10 nitrogen and oxygen atoms in total. The van der Waals surface area contributed by atoms with Crippen molar-refractivity contribution in [1.29, 1.82) is 0 Å². The van der Waals surface area contributed by atoms with Crippen LogP contribution < -0.4 is 20.2 Å². The first kappa shape index (κ1) is 25.6. The van der Waals surface area contributed by atoms with E-state index in [1.165, 1.54) is 38.5 Å². The predicted octanol–water partition coefficient (Wildman–Crippen LogP) is 3.92. The number of amides is 2. The maximum absolute atomic E-state index is 13.0. The summed E-state index contributed by atoms with van der Waals surface area (Å²) in [4.78, 5) is 36.3. The maximum atomic E-state index is 13.0. The van der Waals surface area contributed by atoms with Gasteiger partial charge in [-0.25, -0.2) is 5.43 Å². The monoisotopic (exact) mass is 488 g/mol. The molecule has 2 amide bonds. The normalized spacial score (nSPS) is 11.4. The van der Waals surface area contributed by atoms with Crippen LogP contribution in [0.25, 0.3) is 6.08 Å². The van der Waals surface area contributed by atoms with E-state index in [1.807, 2.05) is 0 Å². The Kier molecular flexibility index (Phi) is 8.49. The molecule has 3 aromatic rings. The number of non-ortho nitro benzene ring substituents is 1. The minimum Gasteiger partial charge on any atom is -0.493 e. The average molecular weight is 489 g/mol. The molecule has 2 N–H and O–H groups in total. The summed E-state index contributed by atoms with van der Waals surface area (Å²) in [6.07, 6.45) is 1.47. The van der Waals surface area contributed by atoms with E-state index in [-0.39, 0.29) is 11.4 Å². The van der Waals surface area contributed by atoms with E-state index in [9.17, 15) is 19.7 Å². The van der Waals surface area contributed by atoms with Crippen molar-refractivity contribution in [3.05, 3.63) is 105 Å². The lowest BCUT2D eigenvalue weighted by molar-refractivity contribution is -0.384. The number of rotatable bonds is 9. The lowest BCUT2D eigenvalue weighted by Crippen LogP contribution is -2.33. The van der Waals surface area contributed by atoms with Crippen LogP contribution in [0.1, 0.15) is 28.4 Å². The van der Waals surface area contributed by atoms with Gasteiger partial charge >= 0.3 is 0 Å². The summed E-state index contributed by atoms with van der Waals surface area (Å²) in [7, 11) is 3.00. The van der Waals surface area contributed by atoms with Crippen LogP contribution in [-0.2, 0) is 4.79 Å². The Balaban J connectivity index is 1.91. The quantitative estimate of drug-likeness (QED) is 0.203. The zero-order valence-electron chi connectivity index (χ0n) is 19.8. The molecule has 10 heteroatoms. The first-order valence-electron chi connectivity index (χ1n) is 10.7. The molecule has 0 radical (unpaired) electrons. The summed E-state index contributed by atoms with van der Waals surface area (Å²) in [5, 5.41) is 17.7. The predicted molar refractivity (Wildman–Crippen MR) is 135 cm³/mol. The summed E-state index contributed by atoms with van der Waals surface area (Å²) < 4.78 is 10.6.